The van der Waals surface area contributed by atoms with Gasteiger partial charge in [-0.3, -0.25) is 4.99 Å². The third-order valence-corrected chi connectivity index (χ3v) is 4.15. The number of ether oxygens (including phenoxy) is 2. The maximum atomic E-state index is 5.84. The number of nitrogens with one attached hydrogen (secondary N) is 2. The largest absolute Gasteiger partial charge is 0.491 e. The van der Waals surface area contributed by atoms with Crippen LogP contribution in [0.2, 0.25) is 0 Å². The Kier molecular flexibility index (Phi) is 7.96. The van der Waals surface area contributed by atoms with Crippen LogP contribution in [0.1, 0.15) is 22.3 Å². The van der Waals surface area contributed by atoms with Gasteiger partial charge in [0, 0.05) is 32.8 Å². The standard InChI is InChI=1S/C21H29N3O2/c1-16-9-10-19(20(13-16)26-12-11-25-4)15-24-21(22-3)23-14-18-8-6-5-7-17(18)2/h5-10,13H,11-12,14-15H2,1-4H3,(H2,22,23,24). The van der Waals surface area contributed by atoms with Gasteiger partial charge in [-0.15, -0.1) is 0 Å². The molecule has 2 N–H and O–H groups in total. The molecular weight excluding hydrogens is 326 g/mol. The summed E-state index contributed by atoms with van der Waals surface area (Å²) in [6.45, 7) is 6.65. The van der Waals surface area contributed by atoms with E-state index in [2.05, 4.69) is 71.9 Å². The molecule has 0 amide bonds. The van der Waals surface area contributed by atoms with Gasteiger partial charge in [-0.1, -0.05) is 36.4 Å². The first-order chi connectivity index (χ1) is 12.6. The molecule has 0 bridgehead atoms. The average molecular weight is 355 g/mol. The smallest absolute Gasteiger partial charge is 0.191 e. The summed E-state index contributed by atoms with van der Waals surface area (Å²) >= 11 is 0. The van der Waals surface area contributed by atoms with Gasteiger partial charge >= 0.3 is 0 Å². The molecule has 2 aromatic carbocycles. The minimum atomic E-state index is 0.535. The predicted octanol–water partition coefficient (Wildman–Crippen LogP) is 3.19. The number of rotatable bonds is 8. The first kappa shape index (κ1) is 19.8. The highest BCUT2D eigenvalue weighted by molar-refractivity contribution is 5.79. The summed E-state index contributed by atoms with van der Waals surface area (Å²) in [6.07, 6.45) is 0. The third kappa shape index (κ3) is 6.08. The molecular formula is C21H29N3O2. The number of guanidine groups is 1. The van der Waals surface area contributed by atoms with Crippen LogP contribution in [-0.4, -0.2) is 33.3 Å². The van der Waals surface area contributed by atoms with E-state index in [-0.39, 0.29) is 0 Å². The Morgan fingerprint density at radius 1 is 0.962 bits per heavy atom. The SMILES string of the molecule is CN=C(NCc1ccccc1C)NCc1ccc(C)cc1OCCOC. The monoisotopic (exact) mass is 355 g/mol. The van der Waals surface area contributed by atoms with Crippen LogP contribution in [0.25, 0.3) is 0 Å². The molecule has 26 heavy (non-hydrogen) atoms. The Morgan fingerprint density at radius 2 is 1.69 bits per heavy atom. The molecule has 0 atom stereocenters. The summed E-state index contributed by atoms with van der Waals surface area (Å²) in [6, 6.07) is 14.6. The van der Waals surface area contributed by atoms with Crippen molar-refractivity contribution in [3.8, 4) is 5.75 Å². The summed E-state index contributed by atoms with van der Waals surface area (Å²) in [5, 5.41) is 6.71. The topological polar surface area (TPSA) is 54.9 Å². The highest BCUT2D eigenvalue weighted by Gasteiger charge is 2.06. The van der Waals surface area contributed by atoms with Gasteiger partial charge in [-0.2, -0.15) is 0 Å². The van der Waals surface area contributed by atoms with Gasteiger partial charge in [0.15, 0.2) is 5.96 Å². The molecule has 140 valence electrons. The van der Waals surface area contributed by atoms with E-state index in [1.54, 1.807) is 14.2 Å². The van der Waals surface area contributed by atoms with Crippen LogP contribution < -0.4 is 15.4 Å². The predicted molar refractivity (Wildman–Crippen MR) is 107 cm³/mol. The molecule has 0 spiro atoms. The van der Waals surface area contributed by atoms with E-state index in [0.29, 0.717) is 19.8 Å². The van der Waals surface area contributed by atoms with Crippen LogP contribution in [0, 0.1) is 13.8 Å². The summed E-state index contributed by atoms with van der Waals surface area (Å²) in [5.74, 6) is 1.64. The quantitative estimate of drug-likeness (QED) is 0.434. The van der Waals surface area contributed by atoms with E-state index in [0.717, 1.165) is 23.8 Å². The summed E-state index contributed by atoms with van der Waals surface area (Å²) in [7, 11) is 3.45. The lowest BCUT2D eigenvalue weighted by molar-refractivity contribution is 0.145. The number of benzene rings is 2. The van der Waals surface area contributed by atoms with Crippen molar-refractivity contribution in [2.24, 2.45) is 4.99 Å². The van der Waals surface area contributed by atoms with Gasteiger partial charge in [-0.05, 0) is 36.6 Å². The zero-order chi connectivity index (χ0) is 18.8. The van der Waals surface area contributed by atoms with Crippen molar-refractivity contribution in [3.63, 3.8) is 0 Å². The van der Waals surface area contributed by atoms with E-state index in [1.165, 1.54) is 16.7 Å². The molecule has 0 unspecified atom stereocenters. The fourth-order valence-corrected chi connectivity index (χ4v) is 2.56. The van der Waals surface area contributed by atoms with Crippen molar-refractivity contribution in [3.05, 3.63) is 64.7 Å². The van der Waals surface area contributed by atoms with E-state index in [1.807, 2.05) is 0 Å². The van der Waals surface area contributed by atoms with Gasteiger partial charge in [0.05, 0.1) is 6.61 Å². The molecule has 2 rings (SSSR count). The number of aliphatic imine (C=N–C) groups is 1. The van der Waals surface area contributed by atoms with Gasteiger partial charge in [0.1, 0.15) is 12.4 Å². The molecule has 0 radical (unpaired) electrons. The second-order valence-corrected chi connectivity index (χ2v) is 6.16. The van der Waals surface area contributed by atoms with E-state index in [4.69, 9.17) is 9.47 Å². The molecule has 5 heteroatoms. The molecule has 0 saturated heterocycles. The Labute approximate surface area is 156 Å². The molecule has 5 nitrogen and oxygen atoms in total. The van der Waals surface area contributed by atoms with Crippen LogP contribution in [0.5, 0.6) is 5.75 Å². The van der Waals surface area contributed by atoms with Crippen molar-refractivity contribution in [1.82, 2.24) is 10.6 Å². The number of hydrogen-bond donors (Lipinski definition) is 2. The third-order valence-electron chi connectivity index (χ3n) is 4.15. The number of nitrogens with zero attached hydrogens (tertiary/aromatic N) is 1. The molecule has 0 fully saturated rings. The van der Waals surface area contributed by atoms with Crippen molar-refractivity contribution in [2.45, 2.75) is 26.9 Å². The first-order valence-corrected chi connectivity index (χ1v) is 8.84. The Morgan fingerprint density at radius 3 is 2.38 bits per heavy atom. The Hall–Kier alpha value is -2.53. The van der Waals surface area contributed by atoms with E-state index in [9.17, 15) is 0 Å². The second kappa shape index (κ2) is 10.5. The lowest BCUT2D eigenvalue weighted by atomic mass is 10.1. The van der Waals surface area contributed by atoms with Crippen LogP contribution in [0.3, 0.4) is 0 Å². The fourth-order valence-electron chi connectivity index (χ4n) is 2.56. The van der Waals surface area contributed by atoms with Gasteiger partial charge in [0.2, 0.25) is 0 Å². The first-order valence-electron chi connectivity index (χ1n) is 8.84. The van der Waals surface area contributed by atoms with Crippen LogP contribution in [-0.2, 0) is 17.8 Å². The van der Waals surface area contributed by atoms with E-state index >= 15 is 0 Å². The van der Waals surface area contributed by atoms with Gasteiger partial charge in [0.25, 0.3) is 0 Å². The molecule has 0 aromatic heterocycles. The van der Waals surface area contributed by atoms with Crippen LogP contribution in [0.15, 0.2) is 47.5 Å². The molecule has 0 aliphatic rings. The lowest BCUT2D eigenvalue weighted by Crippen LogP contribution is -2.36. The average Bonchev–Trinajstić information content (AvgIpc) is 2.64. The van der Waals surface area contributed by atoms with Crippen molar-refractivity contribution < 1.29 is 9.47 Å². The Bertz CT molecular complexity index is 729. The zero-order valence-electron chi connectivity index (χ0n) is 16.1. The summed E-state index contributed by atoms with van der Waals surface area (Å²) in [5.41, 5.74) is 4.78. The van der Waals surface area contributed by atoms with Crippen molar-refractivity contribution in [1.29, 1.82) is 0 Å². The number of aryl methyl sites for hydroxylation is 2. The van der Waals surface area contributed by atoms with Crippen molar-refractivity contribution in [2.75, 3.05) is 27.4 Å². The molecule has 0 aliphatic heterocycles. The fraction of sp³-hybridized carbons (Fsp3) is 0.381. The van der Waals surface area contributed by atoms with E-state index < -0.39 is 0 Å². The Balaban J connectivity index is 1.94. The maximum absolute atomic E-state index is 5.84. The van der Waals surface area contributed by atoms with Gasteiger partial charge in [-0.25, -0.2) is 0 Å². The highest BCUT2D eigenvalue weighted by atomic mass is 16.5. The minimum absolute atomic E-state index is 0.535. The normalized spacial score (nSPS) is 11.3. The molecule has 2 aromatic rings. The maximum Gasteiger partial charge on any atom is 0.191 e. The van der Waals surface area contributed by atoms with Crippen LogP contribution >= 0.6 is 0 Å². The molecule has 0 aliphatic carbocycles. The van der Waals surface area contributed by atoms with Crippen LogP contribution in [0.4, 0.5) is 0 Å². The number of methoxy groups -OCH3 is 1. The highest BCUT2D eigenvalue weighted by Crippen LogP contribution is 2.20. The molecule has 0 saturated carbocycles. The molecule has 0 heterocycles. The van der Waals surface area contributed by atoms with Crippen molar-refractivity contribution >= 4 is 5.96 Å². The second-order valence-electron chi connectivity index (χ2n) is 6.16. The lowest BCUT2D eigenvalue weighted by Gasteiger charge is -2.16. The summed E-state index contributed by atoms with van der Waals surface area (Å²) < 4.78 is 10.9. The zero-order valence-corrected chi connectivity index (χ0v) is 16.1. The van der Waals surface area contributed by atoms with Gasteiger partial charge < -0.3 is 20.1 Å². The minimum Gasteiger partial charge on any atom is -0.491 e. The summed E-state index contributed by atoms with van der Waals surface area (Å²) in [4.78, 5) is 4.30. The number of hydrogen-bond acceptors (Lipinski definition) is 3.